The molecule has 0 saturated heterocycles. The van der Waals surface area contributed by atoms with Crippen LogP contribution in [0.3, 0.4) is 0 Å². The SMILES string of the molecule is COc1ccc(C#Cc2cc(Cc3c(C)cc(OCC(=O)O)cc3C)cc(C(C)C)c2O)cc1. The Labute approximate surface area is 201 Å². The van der Waals surface area contributed by atoms with Crippen molar-refractivity contribution in [2.75, 3.05) is 13.7 Å². The molecule has 176 valence electrons. The summed E-state index contributed by atoms with van der Waals surface area (Å²) in [5.74, 6) is 6.92. The van der Waals surface area contributed by atoms with Gasteiger partial charge in [0.2, 0.25) is 0 Å². The van der Waals surface area contributed by atoms with Gasteiger partial charge in [-0.25, -0.2) is 4.79 Å². The van der Waals surface area contributed by atoms with Crippen molar-refractivity contribution in [3.8, 4) is 29.1 Å². The van der Waals surface area contributed by atoms with Crippen LogP contribution in [0.5, 0.6) is 17.2 Å². The van der Waals surface area contributed by atoms with Gasteiger partial charge >= 0.3 is 5.97 Å². The van der Waals surface area contributed by atoms with Crippen molar-refractivity contribution in [2.45, 2.75) is 40.0 Å². The number of phenolic OH excluding ortho intramolecular Hbond substituents is 1. The van der Waals surface area contributed by atoms with Gasteiger partial charge < -0.3 is 19.7 Å². The summed E-state index contributed by atoms with van der Waals surface area (Å²) in [7, 11) is 1.62. The van der Waals surface area contributed by atoms with Gasteiger partial charge in [0.1, 0.15) is 17.2 Å². The highest BCUT2D eigenvalue weighted by atomic mass is 16.5. The lowest BCUT2D eigenvalue weighted by Crippen LogP contribution is -2.10. The zero-order chi connectivity index (χ0) is 24.8. The number of phenols is 1. The average molecular weight is 459 g/mol. The van der Waals surface area contributed by atoms with E-state index in [9.17, 15) is 9.90 Å². The number of aryl methyl sites for hydroxylation is 2. The van der Waals surface area contributed by atoms with E-state index in [0.717, 1.165) is 39.1 Å². The largest absolute Gasteiger partial charge is 0.506 e. The average Bonchev–Trinajstić information content (AvgIpc) is 2.80. The number of ether oxygens (including phenoxy) is 2. The Hall–Kier alpha value is -3.91. The Balaban J connectivity index is 1.96. The van der Waals surface area contributed by atoms with Crippen molar-refractivity contribution >= 4 is 5.97 Å². The minimum absolute atomic E-state index is 0.135. The van der Waals surface area contributed by atoms with Crippen LogP contribution in [0.2, 0.25) is 0 Å². The first kappa shape index (κ1) is 24.7. The molecule has 0 unspecified atom stereocenters. The molecule has 34 heavy (non-hydrogen) atoms. The van der Waals surface area contributed by atoms with Crippen molar-refractivity contribution in [1.82, 2.24) is 0 Å². The van der Waals surface area contributed by atoms with Crippen LogP contribution in [0.15, 0.2) is 48.5 Å². The maximum atomic E-state index is 10.9. The molecule has 3 rings (SSSR count). The molecule has 0 bridgehead atoms. The van der Waals surface area contributed by atoms with Gasteiger partial charge in [-0.15, -0.1) is 0 Å². The summed E-state index contributed by atoms with van der Waals surface area (Å²) >= 11 is 0. The molecule has 0 aliphatic carbocycles. The standard InChI is InChI=1S/C29H30O5/c1-18(2)26-15-22(16-27-19(3)12-25(13-20(27)4)34-17-28(30)31)14-23(29(26)32)9-6-21-7-10-24(33-5)11-8-21/h7-8,10-15,18,32H,16-17H2,1-5H3,(H,30,31). The van der Waals surface area contributed by atoms with Crippen LogP contribution in [0.25, 0.3) is 0 Å². The number of methoxy groups -OCH3 is 1. The van der Waals surface area contributed by atoms with Gasteiger partial charge in [0, 0.05) is 5.56 Å². The van der Waals surface area contributed by atoms with Gasteiger partial charge in [-0.3, -0.25) is 0 Å². The Kier molecular flexibility index (Phi) is 7.86. The van der Waals surface area contributed by atoms with Crippen molar-refractivity contribution in [3.63, 3.8) is 0 Å². The second-order valence-corrected chi connectivity index (χ2v) is 8.61. The van der Waals surface area contributed by atoms with E-state index in [2.05, 4.69) is 11.8 Å². The lowest BCUT2D eigenvalue weighted by Gasteiger charge is -2.16. The number of aliphatic carboxylic acids is 1. The molecular weight excluding hydrogens is 428 g/mol. The van der Waals surface area contributed by atoms with Crippen molar-refractivity contribution in [2.24, 2.45) is 0 Å². The van der Waals surface area contributed by atoms with E-state index in [1.165, 1.54) is 0 Å². The number of carboxylic acid groups (broad SMARTS) is 1. The summed E-state index contributed by atoms with van der Waals surface area (Å²) in [5.41, 5.74) is 6.50. The Bertz CT molecular complexity index is 1220. The van der Waals surface area contributed by atoms with Crippen molar-refractivity contribution in [3.05, 3.63) is 87.5 Å². The highest BCUT2D eigenvalue weighted by molar-refractivity contribution is 5.68. The summed E-state index contributed by atoms with van der Waals surface area (Å²) in [6.07, 6.45) is 0.661. The third-order valence-electron chi connectivity index (χ3n) is 5.67. The van der Waals surface area contributed by atoms with E-state index in [-0.39, 0.29) is 18.3 Å². The molecule has 0 saturated carbocycles. The predicted molar refractivity (Wildman–Crippen MR) is 133 cm³/mol. The number of aromatic hydroxyl groups is 1. The number of benzene rings is 3. The van der Waals surface area contributed by atoms with E-state index >= 15 is 0 Å². The highest BCUT2D eigenvalue weighted by Crippen LogP contribution is 2.32. The molecular formula is C29H30O5. The van der Waals surface area contributed by atoms with Crippen molar-refractivity contribution in [1.29, 1.82) is 0 Å². The molecule has 0 aromatic heterocycles. The fourth-order valence-corrected chi connectivity index (χ4v) is 3.84. The molecule has 5 nitrogen and oxygen atoms in total. The van der Waals surface area contributed by atoms with E-state index in [1.54, 1.807) is 7.11 Å². The zero-order valence-electron chi connectivity index (χ0n) is 20.2. The van der Waals surface area contributed by atoms with Gasteiger partial charge in [0.05, 0.1) is 12.7 Å². The van der Waals surface area contributed by atoms with E-state index in [1.807, 2.05) is 76.2 Å². The molecule has 0 aliphatic heterocycles. The molecule has 0 atom stereocenters. The van der Waals surface area contributed by atoms with E-state index < -0.39 is 5.97 Å². The predicted octanol–water partition coefficient (Wildman–Crippen LogP) is 5.60. The van der Waals surface area contributed by atoms with Crippen LogP contribution in [0, 0.1) is 25.7 Å². The fourth-order valence-electron chi connectivity index (χ4n) is 3.84. The molecule has 0 fully saturated rings. The summed E-state index contributed by atoms with van der Waals surface area (Å²) in [5, 5.41) is 19.7. The van der Waals surface area contributed by atoms with Crippen molar-refractivity contribution < 1.29 is 24.5 Å². The smallest absolute Gasteiger partial charge is 0.341 e. The Morgan fingerprint density at radius 2 is 1.62 bits per heavy atom. The van der Waals surface area contributed by atoms with Crippen LogP contribution in [-0.2, 0) is 11.2 Å². The van der Waals surface area contributed by atoms with Crippen LogP contribution < -0.4 is 9.47 Å². The molecule has 0 radical (unpaired) electrons. The van der Waals surface area contributed by atoms with Gasteiger partial charge in [-0.2, -0.15) is 0 Å². The van der Waals surface area contributed by atoms with E-state index in [4.69, 9.17) is 14.6 Å². The molecule has 0 amide bonds. The summed E-state index contributed by atoms with van der Waals surface area (Å²) in [6, 6.07) is 15.2. The third-order valence-corrected chi connectivity index (χ3v) is 5.67. The first-order chi connectivity index (χ1) is 16.2. The topological polar surface area (TPSA) is 76.0 Å². The lowest BCUT2D eigenvalue weighted by molar-refractivity contribution is -0.139. The second-order valence-electron chi connectivity index (χ2n) is 8.61. The first-order valence-electron chi connectivity index (χ1n) is 11.1. The Morgan fingerprint density at radius 3 is 2.18 bits per heavy atom. The number of rotatable bonds is 7. The normalized spacial score (nSPS) is 10.5. The molecule has 0 spiro atoms. The minimum Gasteiger partial charge on any atom is -0.506 e. The summed E-state index contributed by atoms with van der Waals surface area (Å²) < 4.78 is 10.5. The van der Waals surface area contributed by atoms with Gasteiger partial charge in [-0.1, -0.05) is 31.8 Å². The summed E-state index contributed by atoms with van der Waals surface area (Å²) in [6.45, 7) is 7.70. The fraction of sp³-hybridized carbons (Fsp3) is 0.276. The van der Waals surface area contributed by atoms with Gasteiger partial charge in [0.15, 0.2) is 6.61 Å². The van der Waals surface area contributed by atoms with Gasteiger partial charge in [-0.05, 0) is 96.5 Å². The second kappa shape index (κ2) is 10.8. The Morgan fingerprint density at radius 1 is 0.971 bits per heavy atom. The monoisotopic (exact) mass is 458 g/mol. The molecule has 2 N–H and O–H groups in total. The van der Waals surface area contributed by atoms with Gasteiger partial charge in [0.25, 0.3) is 0 Å². The molecule has 0 aliphatic rings. The number of hydrogen-bond acceptors (Lipinski definition) is 4. The van der Waals surface area contributed by atoms with Crippen LogP contribution in [-0.4, -0.2) is 29.9 Å². The first-order valence-corrected chi connectivity index (χ1v) is 11.1. The molecule has 0 heterocycles. The number of carboxylic acids is 1. The van der Waals surface area contributed by atoms with E-state index in [0.29, 0.717) is 17.7 Å². The van der Waals surface area contributed by atoms with Crippen LogP contribution in [0.1, 0.15) is 58.7 Å². The minimum atomic E-state index is -1.01. The highest BCUT2D eigenvalue weighted by Gasteiger charge is 2.14. The zero-order valence-corrected chi connectivity index (χ0v) is 20.2. The summed E-state index contributed by atoms with van der Waals surface area (Å²) in [4.78, 5) is 10.8. The molecule has 3 aromatic carbocycles. The third kappa shape index (κ3) is 6.11. The maximum Gasteiger partial charge on any atom is 0.341 e. The van der Waals surface area contributed by atoms with Crippen LogP contribution in [0.4, 0.5) is 0 Å². The number of hydrogen-bond donors (Lipinski definition) is 2. The quantitative estimate of drug-likeness (QED) is 0.451. The molecule has 5 heteroatoms. The number of carbonyl (C=O) groups is 1. The molecule has 3 aromatic rings. The van der Waals surface area contributed by atoms with Crippen LogP contribution >= 0.6 is 0 Å². The lowest BCUT2D eigenvalue weighted by atomic mass is 9.91. The maximum absolute atomic E-state index is 10.9.